The third-order valence-corrected chi connectivity index (χ3v) is 6.71. The lowest BCUT2D eigenvalue weighted by Crippen LogP contribution is -2.51. The van der Waals surface area contributed by atoms with Gasteiger partial charge < -0.3 is 30.8 Å². The molecule has 2 fully saturated rings. The summed E-state index contributed by atoms with van der Waals surface area (Å²) in [5.41, 5.74) is 0.424. The summed E-state index contributed by atoms with van der Waals surface area (Å²) in [4.78, 5) is 48.8. The first kappa shape index (κ1) is 25.7. The zero-order valence-electron chi connectivity index (χ0n) is 18.9. The van der Waals surface area contributed by atoms with Crippen LogP contribution < -0.4 is 21.3 Å². The topological polar surface area (TPSA) is 150 Å². The molecule has 36 heavy (non-hydrogen) atoms. The van der Waals surface area contributed by atoms with Crippen LogP contribution in [-0.2, 0) is 20.9 Å². The van der Waals surface area contributed by atoms with Gasteiger partial charge in [-0.15, -0.1) is 0 Å². The molecule has 12 heteroatoms. The average molecular weight is 535 g/mol. The monoisotopic (exact) mass is 534 g/mol. The third kappa shape index (κ3) is 6.26. The van der Waals surface area contributed by atoms with Gasteiger partial charge in [0.15, 0.2) is 0 Å². The summed E-state index contributed by atoms with van der Waals surface area (Å²) in [6, 6.07) is 4.58. The second kappa shape index (κ2) is 11.2. The molecule has 0 bridgehead atoms. The first-order chi connectivity index (χ1) is 17.2. The number of halogens is 2. The number of benzene rings is 1. The van der Waals surface area contributed by atoms with E-state index in [1.54, 1.807) is 12.1 Å². The molecule has 2 heterocycles. The summed E-state index contributed by atoms with van der Waals surface area (Å²) < 4.78 is 5.11. The molecule has 1 unspecified atom stereocenters. The number of carboxylic acid groups (broad SMARTS) is 1. The summed E-state index contributed by atoms with van der Waals surface area (Å²) in [5, 5.41) is 20.2. The third-order valence-electron chi connectivity index (χ3n) is 6.11. The SMILES string of the molecule is O=C(C=Cc1ccco1)NCc1cc(Cl)c(C(=O)N[C@@H](CNC(=O)C2NC[C@H]3C[C@H]23)C(=O)O)c(Cl)c1. The van der Waals surface area contributed by atoms with Gasteiger partial charge in [0.05, 0.1) is 27.9 Å². The summed E-state index contributed by atoms with van der Waals surface area (Å²) in [5.74, 6) is -1.46. The van der Waals surface area contributed by atoms with Gasteiger partial charge in [0.25, 0.3) is 5.91 Å². The molecular formula is C24H24Cl2N4O6. The molecule has 190 valence electrons. The number of hydrogen-bond acceptors (Lipinski definition) is 6. The maximum absolute atomic E-state index is 12.8. The molecule has 0 spiro atoms. The number of fused-ring (bicyclic) bond motifs is 1. The number of piperidine rings is 1. The first-order valence-electron chi connectivity index (χ1n) is 11.2. The smallest absolute Gasteiger partial charge is 0.328 e. The van der Waals surface area contributed by atoms with Crippen molar-refractivity contribution in [3.8, 4) is 0 Å². The van der Waals surface area contributed by atoms with Crippen LogP contribution in [0.4, 0.5) is 0 Å². The van der Waals surface area contributed by atoms with E-state index in [1.807, 2.05) is 0 Å². The van der Waals surface area contributed by atoms with Crippen molar-refractivity contribution in [1.82, 2.24) is 21.3 Å². The van der Waals surface area contributed by atoms with Crippen molar-refractivity contribution in [2.45, 2.75) is 25.0 Å². The number of nitrogens with one attached hydrogen (secondary N) is 4. The first-order valence-corrected chi connectivity index (χ1v) is 12.0. The number of carbonyl (C=O) groups is 4. The molecule has 10 nitrogen and oxygen atoms in total. The highest BCUT2D eigenvalue weighted by Crippen LogP contribution is 2.45. The van der Waals surface area contributed by atoms with E-state index in [4.69, 9.17) is 27.6 Å². The van der Waals surface area contributed by atoms with Crippen LogP contribution in [-0.4, -0.2) is 54.0 Å². The van der Waals surface area contributed by atoms with E-state index >= 15 is 0 Å². The molecular weight excluding hydrogens is 511 g/mol. The van der Waals surface area contributed by atoms with Crippen molar-refractivity contribution < 1.29 is 28.7 Å². The van der Waals surface area contributed by atoms with E-state index in [0.717, 1.165) is 13.0 Å². The molecule has 3 amide bonds. The van der Waals surface area contributed by atoms with E-state index in [0.29, 0.717) is 17.2 Å². The molecule has 0 radical (unpaired) electrons. The lowest BCUT2D eigenvalue weighted by atomic mass is 10.1. The Morgan fingerprint density at radius 2 is 1.94 bits per heavy atom. The molecule has 1 aliphatic carbocycles. The number of carboxylic acids is 1. The van der Waals surface area contributed by atoms with Gasteiger partial charge >= 0.3 is 5.97 Å². The number of rotatable bonds is 10. The number of amides is 3. The molecule has 1 aromatic carbocycles. The normalized spacial score (nSPS) is 21.0. The van der Waals surface area contributed by atoms with Crippen molar-refractivity contribution in [2.24, 2.45) is 11.8 Å². The Balaban J connectivity index is 1.32. The fourth-order valence-corrected chi connectivity index (χ4v) is 4.81. The molecule has 4 atom stereocenters. The van der Waals surface area contributed by atoms with E-state index in [2.05, 4.69) is 21.3 Å². The Labute approximate surface area is 216 Å². The van der Waals surface area contributed by atoms with Gasteiger partial charge in [0.1, 0.15) is 11.8 Å². The fraction of sp³-hybridized carbons (Fsp3) is 0.333. The van der Waals surface area contributed by atoms with E-state index in [1.165, 1.54) is 30.5 Å². The lowest BCUT2D eigenvalue weighted by Gasteiger charge is -2.19. The second-order valence-corrected chi connectivity index (χ2v) is 9.47. The predicted molar refractivity (Wildman–Crippen MR) is 131 cm³/mol. The largest absolute Gasteiger partial charge is 0.480 e. The minimum atomic E-state index is -1.38. The van der Waals surface area contributed by atoms with Crippen molar-refractivity contribution in [3.05, 3.63) is 63.5 Å². The fourth-order valence-electron chi connectivity index (χ4n) is 4.11. The van der Waals surface area contributed by atoms with Gasteiger partial charge in [0, 0.05) is 19.2 Å². The Morgan fingerprint density at radius 1 is 1.19 bits per heavy atom. The Morgan fingerprint density at radius 3 is 2.53 bits per heavy atom. The van der Waals surface area contributed by atoms with Crippen LogP contribution in [0.2, 0.25) is 10.0 Å². The molecule has 2 aromatic rings. The maximum atomic E-state index is 12.8. The molecule has 1 aliphatic heterocycles. The maximum Gasteiger partial charge on any atom is 0.328 e. The van der Waals surface area contributed by atoms with Crippen molar-refractivity contribution in [1.29, 1.82) is 0 Å². The molecule has 4 rings (SSSR count). The predicted octanol–water partition coefficient (Wildman–Crippen LogP) is 1.82. The highest BCUT2D eigenvalue weighted by atomic mass is 35.5. The lowest BCUT2D eigenvalue weighted by molar-refractivity contribution is -0.139. The minimum Gasteiger partial charge on any atom is -0.480 e. The number of hydrogen-bond donors (Lipinski definition) is 5. The van der Waals surface area contributed by atoms with E-state index < -0.39 is 17.9 Å². The Kier molecular flexibility index (Phi) is 7.97. The zero-order chi connectivity index (χ0) is 25.8. The van der Waals surface area contributed by atoms with Crippen LogP contribution in [0.3, 0.4) is 0 Å². The van der Waals surface area contributed by atoms with Gasteiger partial charge in [0.2, 0.25) is 11.8 Å². The van der Waals surface area contributed by atoms with Crippen LogP contribution >= 0.6 is 23.2 Å². The van der Waals surface area contributed by atoms with E-state index in [-0.39, 0.29) is 52.5 Å². The van der Waals surface area contributed by atoms with Crippen molar-refractivity contribution in [2.75, 3.05) is 13.1 Å². The van der Waals surface area contributed by atoms with Gasteiger partial charge in [-0.05, 0) is 60.7 Å². The van der Waals surface area contributed by atoms with Crippen LogP contribution in [0, 0.1) is 11.8 Å². The molecule has 2 aliphatic rings. The summed E-state index contributed by atoms with van der Waals surface area (Å²) in [6.45, 7) is 0.573. The Hall–Kier alpha value is -3.34. The van der Waals surface area contributed by atoms with Crippen LogP contribution in [0.5, 0.6) is 0 Å². The van der Waals surface area contributed by atoms with Gasteiger partial charge in [-0.1, -0.05) is 23.2 Å². The average Bonchev–Trinajstić information content (AvgIpc) is 3.21. The van der Waals surface area contributed by atoms with E-state index in [9.17, 15) is 24.3 Å². The quantitative estimate of drug-likeness (QED) is 0.292. The van der Waals surface area contributed by atoms with Crippen LogP contribution in [0.1, 0.15) is 28.1 Å². The number of furan rings is 1. The molecule has 1 saturated heterocycles. The highest BCUT2D eigenvalue weighted by Gasteiger charge is 2.50. The summed E-state index contributed by atoms with van der Waals surface area (Å²) in [6.07, 6.45) is 5.30. The summed E-state index contributed by atoms with van der Waals surface area (Å²) in [7, 11) is 0. The standard InChI is InChI=1S/C24H24Cl2N4O6/c25-16-6-12(9-27-19(31)4-3-14-2-1-5-36-14)7-17(26)20(16)22(32)30-18(24(34)35)11-29-23(33)21-15-8-13(15)10-28-21/h1-7,13,15,18,21,28H,8-11H2,(H,27,31)(H,29,33)(H,30,32)(H,34,35)/t13-,15+,18+,21?/m1/s1. The Bertz CT molecular complexity index is 1180. The second-order valence-electron chi connectivity index (χ2n) is 8.66. The van der Waals surface area contributed by atoms with Gasteiger partial charge in [-0.25, -0.2) is 4.79 Å². The molecule has 1 aromatic heterocycles. The molecule has 1 saturated carbocycles. The molecule has 5 N–H and O–H groups in total. The number of carbonyl (C=O) groups excluding carboxylic acids is 3. The van der Waals surface area contributed by atoms with Crippen molar-refractivity contribution in [3.63, 3.8) is 0 Å². The minimum absolute atomic E-state index is 0.0153. The zero-order valence-corrected chi connectivity index (χ0v) is 20.4. The van der Waals surface area contributed by atoms with Crippen LogP contribution in [0.25, 0.3) is 6.08 Å². The van der Waals surface area contributed by atoms with Gasteiger partial charge in [-0.2, -0.15) is 0 Å². The number of aliphatic carboxylic acids is 1. The van der Waals surface area contributed by atoms with Crippen LogP contribution in [0.15, 0.2) is 41.0 Å². The highest BCUT2D eigenvalue weighted by molar-refractivity contribution is 6.39. The van der Waals surface area contributed by atoms with Crippen molar-refractivity contribution >= 4 is 53.0 Å². The summed E-state index contributed by atoms with van der Waals surface area (Å²) >= 11 is 12.5. The van der Waals surface area contributed by atoms with Gasteiger partial charge in [-0.3, -0.25) is 14.4 Å².